The Morgan fingerprint density at radius 1 is 1.30 bits per heavy atom. The van der Waals surface area contributed by atoms with Crippen LogP contribution in [0.4, 0.5) is 13.2 Å². The van der Waals surface area contributed by atoms with Crippen LogP contribution in [-0.2, 0) is 19.3 Å². The van der Waals surface area contributed by atoms with Gasteiger partial charge in [0.15, 0.2) is 0 Å². The van der Waals surface area contributed by atoms with Gasteiger partial charge >= 0.3 is 6.18 Å². The largest absolute Gasteiger partial charge is 0.451 e. The lowest BCUT2D eigenvalue weighted by Gasteiger charge is -2.28. The van der Waals surface area contributed by atoms with E-state index < -0.39 is 12.0 Å². The summed E-state index contributed by atoms with van der Waals surface area (Å²) < 4.78 is 39.3. The number of nitrogens with zero attached hydrogens (tertiary/aromatic N) is 4. The van der Waals surface area contributed by atoms with Crippen molar-refractivity contribution in [3.05, 3.63) is 11.6 Å². The van der Waals surface area contributed by atoms with E-state index in [9.17, 15) is 13.2 Å². The fourth-order valence-corrected chi connectivity index (χ4v) is 2.46. The zero-order valence-electron chi connectivity index (χ0n) is 11.5. The fourth-order valence-electron chi connectivity index (χ4n) is 2.46. The van der Waals surface area contributed by atoms with Crippen molar-refractivity contribution in [1.29, 1.82) is 0 Å². The lowest BCUT2D eigenvalue weighted by atomic mass is 10.0. The van der Waals surface area contributed by atoms with Gasteiger partial charge in [-0.05, 0) is 25.4 Å². The van der Waals surface area contributed by atoms with Gasteiger partial charge in [-0.15, -0.1) is 10.2 Å². The zero-order chi connectivity index (χ0) is 14.8. The molecule has 1 aliphatic rings. The smallest absolute Gasteiger partial charge is 0.330 e. The van der Waals surface area contributed by atoms with Gasteiger partial charge in [0.1, 0.15) is 5.82 Å². The summed E-state index contributed by atoms with van der Waals surface area (Å²) in [5, 5.41) is 6.94. The molecule has 0 spiro atoms. The maximum absolute atomic E-state index is 12.7. The molecule has 0 saturated carbocycles. The number of hydrogen-bond donors (Lipinski definition) is 1. The summed E-state index contributed by atoms with van der Waals surface area (Å²) in [6, 6.07) is 0. The molecular formula is C12H20F3N5. The molecule has 0 radical (unpaired) electrons. The predicted molar refractivity (Wildman–Crippen MR) is 67.8 cm³/mol. The van der Waals surface area contributed by atoms with Crippen LogP contribution in [-0.4, -0.2) is 39.3 Å². The van der Waals surface area contributed by atoms with Crippen LogP contribution >= 0.6 is 0 Å². The van der Waals surface area contributed by atoms with Crippen molar-refractivity contribution in [1.82, 2.24) is 19.7 Å². The van der Waals surface area contributed by atoms with Gasteiger partial charge in [-0.2, -0.15) is 13.2 Å². The first-order valence-electron chi connectivity index (χ1n) is 6.87. The van der Waals surface area contributed by atoms with Crippen LogP contribution in [0.25, 0.3) is 0 Å². The Morgan fingerprint density at radius 2 is 2.05 bits per heavy atom. The van der Waals surface area contributed by atoms with Gasteiger partial charge in [0, 0.05) is 13.1 Å². The average Bonchev–Trinajstić information content (AvgIpc) is 2.82. The third kappa shape index (κ3) is 3.29. The quantitative estimate of drug-likeness (QED) is 0.893. The number of rotatable bonds is 5. The molecule has 114 valence electrons. The summed E-state index contributed by atoms with van der Waals surface area (Å²) >= 11 is 0. The monoisotopic (exact) mass is 291 g/mol. The van der Waals surface area contributed by atoms with Crippen molar-refractivity contribution in [2.75, 3.05) is 19.6 Å². The predicted octanol–water partition coefficient (Wildman–Crippen LogP) is 1.49. The van der Waals surface area contributed by atoms with E-state index in [1.165, 1.54) is 4.57 Å². The minimum absolute atomic E-state index is 0.288. The molecule has 1 aromatic heterocycles. The molecule has 2 N–H and O–H groups in total. The van der Waals surface area contributed by atoms with Crippen molar-refractivity contribution >= 4 is 0 Å². The van der Waals surface area contributed by atoms with Crippen molar-refractivity contribution in [2.24, 2.45) is 11.7 Å². The average molecular weight is 291 g/mol. The van der Waals surface area contributed by atoms with Gasteiger partial charge in [-0.3, -0.25) is 4.90 Å². The van der Waals surface area contributed by atoms with E-state index in [1.807, 2.05) is 0 Å². The van der Waals surface area contributed by atoms with Crippen LogP contribution in [0.3, 0.4) is 0 Å². The lowest BCUT2D eigenvalue weighted by Crippen LogP contribution is -2.36. The number of halogens is 3. The van der Waals surface area contributed by atoms with E-state index in [0.29, 0.717) is 31.4 Å². The summed E-state index contributed by atoms with van der Waals surface area (Å²) in [6.45, 7) is 4.89. The second-order valence-corrected chi connectivity index (χ2v) is 5.16. The van der Waals surface area contributed by atoms with E-state index in [-0.39, 0.29) is 6.54 Å². The lowest BCUT2D eigenvalue weighted by molar-refractivity contribution is -0.148. The molecule has 20 heavy (non-hydrogen) atoms. The van der Waals surface area contributed by atoms with Gasteiger partial charge in [0.05, 0.1) is 6.54 Å². The highest BCUT2D eigenvalue weighted by Gasteiger charge is 2.39. The maximum Gasteiger partial charge on any atom is 0.451 e. The third-order valence-electron chi connectivity index (χ3n) is 3.85. The first kappa shape index (κ1) is 15.2. The first-order valence-corrected chi connectivity index (χ1v) is 6.87. The maximum atomic E-state index is 12.7. The standard InChI is InChI=1S/C12H20F3N5/c1-2-9(7-16)3-4-19-5-6-20-10(8-19)17-18-11(20)12(13,14)15/h9H,2-8,16H2,1H3. The number of alkyl halides is 3. The highest BCUT2D eigenvalue weighted by Crippen LogP contribution is 2.29. The molecule has 2 rings (SSSR count). The molecule has 0 aliphatic carbocycles. The van der Waals surface area contributed by atoms with Gasteiger partial charge in [-0.25, -0.2) is 0 Å². The second kappa shape index (κ2) is 6.09. The number of nitrogens with two attached hydrogens (primary N) is 1. The molecule has 1 atom stereocenters. The van der Waals surface area contributed by atoms with Crippen LogP contribution in [0.2, 0.25) is 0 Å². The normalized spacial score (nSPS) is 18.1. The van der Waals surface area contributed by atoms with Crippen molar-refractivity contribution in [2.45, 2.75) is 39.0 Å². The van der Waals surface area contributed by atoms with E-state index in [1.54, 1.807) is 0 Å². The SMILES string of the molecule is CCC(CN)CCN1CCn2c(nnc2C(F)(F)F)C1. The van der Waals surface area contributed by atoms with Crippen LogP contribution in [0, 0.1) is 5.92 Å². The summed E-state index contributed by atoms with van der Waals surface area (Å²) in [6.07, 6.45) is -2.44. The Morgan fingerprint density at radius 3 is 2.65 bits per heavy atom. The molecule has 0 amide bonds. The molecular weight excluding hydrogens is 271 g/mol. The van der Waals surface area contributed by atoms with Crippen LogP contribution in [0.5, 0.6) is 0 Å². The number of hydrogen-bond acceptors (Lipinski definition) is 4. The molecule has 0 fully saturated rings. The Hall–Kier alpha value is -1.15. The van der Waals surface area contributed by atoms with Crippen molar-refractivity contribution < 1.29 is 13.2 Å². The van der Waals surface area contributed by atoms with Gasteiger partial charge in [0.2, 0.25) is 5.82 Å². The Labute approximate surface area is 115 Å². The molecule has 5 nitrogen and oxygen atoms in total. The van der Waals surface area contributed by atoms with E-state index in [4.69, 9.17) is 5.73 Å². The van der Waals surface area contributed by atoms with Crippen molar-refractivity contribution in [3.8, 4) is 0 Å². The van der Waals surface area contributed by atoms with E-state index >= 15 is 0 Å². The zero-order valence-corrected chi connectivity index (χ0v) is 11.5. The molecule has 0 saturated heterocycles. The Bertz CT molecular complexity index is 439. The van der Waals surface area contributed by atoms with Gasteiger partial charge in [0.25, 0.3) is 0 Å². The van der Waals surface area contributed by atoms with E-state index in [0.717, 1.165) is 19.4 Å². The summed E-state index contributed by atoms with van der Waals surface area (Å²) in [5.74, 6) is -0.0227. The molecule has 0 bridgehead atoms. The molecule has 2 heterocycles. The highest BCUT2D eigenvalue weighted by molar-refractivity contribution is 5.02. The molecule has 1 unspecified atom stereocenters. The topological polar surface area (TPSA) is 60.0 Å². The molecule has 0 aromatic carbocycles. The summed E-state index contributed by atoms with van der Waals surface area (Å²) in [4.78, 5) is 2.11. The fraction of sp³-hybridized carbons (Fsp3) is 0.833. The molecule has 8 heteroatoms. The minimum Gasteiger partial charge on any atom is -0.330 e. The number of fused-ring (bicyclic) bond motifs is 1. The summed E-state index contributed by atoms with van der Waals surface area (Å²) in [7, 11) is 0. The van der Waals surface area contributed by atoms with Gasteiger partial charge < -0.3 is 10.3 Å². The van der Waals surface area contributed by atoms with Crippen LogP contribution < -0.4 is 5.73 Å². The van der Waals surface area contributed by atoms with Crippen LogP contribution in [0.1, 0.15) is 31.4 Å². The van der Waals surface area contributed by atoms with Crippen molar-refractivity contribution in [3.63, 3.8) is 0 Å². The second-order valence-electron chi connectivity index (χ2n) is 5.16. The molecule has 1 aliphatic heterocycles. The molecule has 1 aromatic rings. The summed E-state index contributed by atoms with van der Waals surface area (Å²) in [5.41, 5.74) is 5.66. The Kier molecular flexibility index (Phi) is 4.64. The first-order chi connectivity index (χ1) is 9.45. The van der Waals surface area contributed by atoms with Gasteiger partial charge in [-0.1, -0.05) is 13.3 Å². The van der Waals surface area contributed by atoms with E-state index in [2.05, 4.69) is 22.0 Å². The minimum atomic E-state index is -4.43. The number of aromatic nitrogens is 3. The van der Waals surface area contributed by atoms with Crippen LogP contribution in [0.15, 0.2) is 0 Å². The Balaban J connectivity index is 1.97. The third-order valence-corrected chi connectivity index (χ3v) is 3.85. The highest BCUT2D eigenvalue weighted by atomic mass is 19.4.